The first kappa shape index (κ1) is 11.5. The van der Waals surface area contributed by atoms with Crippen LogP contribution in [-0.2, 0) is 0 Å². The zero-order valence-electron chi connectivity index (χ0n) is 8.77. The van der Waals surface area contributed by atoms with Crippen molar-refractivity contribution in [1.82, 2.24) is 0 Å². The summed E-state index contributed by atoms with van der Waals surface area (Å²) in [5.41, 5.74) is 1.16. The van der Waals surface area contributed by atoms with Gasteiger partial charge in [-0.05, 0) is 25.7 Å². The Morgan fingerprint density at radius 3 is 2.08 bits per heavy atom. The number of allylic oxidation sites excluding steroid dienone is 3. The molecule has 0 rings (SSSR count). The van der Waals surface area contributed by atoms with Crippen molar-refractivity contribution in [2.24, 2.45) is 5.92 Å². The largest absolute Gasteiger partial charge is 0.0961 e. The molecule has 0 saturated heterocycles. The zero-order valence-corrected chi connectivity index (χ0v) is 8.77. The van der Waals surface area contributed by atoms with Crippen molar-refractivity contribution >= 4 is 0 Å². The van der Waals surface area contributed by atoms with Gasteiger partial charge in [0.2, 0.25) is 0 Å². The molecule has 0 aromatic rings. The minimum Gasteiger partial charge on any atom is -0.0961 e. The fourth-order valence-corrected chi connectivity index (χ4v) is 1.38. The molecule has 70 valence electrons. The van der Waals surface area contributed by atoms with Crippen molar-refractivity contribution < 1.29 is 0 Å². The normalized spacial score (nSPS) is 11.3. The standard InChI is InChI=1S/C12H22/c1-5-7-12(8-6-2)10-9-11(3)4/h9-10,12H,3,5-8H2,1-2,4H3/b10-9+. The number of hydrogen-bond donors (Lipinski definition) is 0. The van der Waals surface area contributed by atoms with E-state index in [2.05, 4.69) is 32.6 Å². The van der Waals surface area contributed by atoms with Gasteiger partial charge in [0, 0.05) is 0 Å². The third-order valence-electron chi connectivity index (χ3n) is 1.97. The topological polar surface area (TPSA) is 0 Å². The van der Waals surface area contributed by atoms with E-state index in [1.165, 1.54) is 25.7 Å². The van der Waals surface area contributed by atoms with Crippen molar-refractivity contribution in [1.29, 1.82) is 0 Å². The summed E-state index contributed by atoms with van der Waals surface area (Å²) in [6, 6.07) is 0. The SMILES string of the molecule is C=C(C)/C=C/C(CCC)CCC. The van der Waals surface area contributed by atoms with Gasteiger partial charge in [-0.2, -0.15) is 0 Å². The van der Waals surface area contributed by atoms with E-state index in [9.17, 15) is 0 Å². The van der Waals surface area contributed by atoms with E-state index in [-0.39, 0.29) is 0 Å². The van der Waals surface area contributed by atoms with E-state index in [4.69, 9.17) is 0 Å². The second kappa shape index (κ2) is 7.15. The highest BCUT2D eigenvalue weighted by atomic mass is 14.1. The lowest BCUT2D eigenvalue weighted by molar-refractivity contribution is 0.529. The van der Waals surface area contributed by atoms with E-state index < -0.39 is 0 Å². The van der Waals surface area contributed by atoms with Crippen molar-refractivity contribution in [3.8, 4) is 0 Å². The van der Waals surface area contributed by atoms with Crippen LogP contribution in [0.15, 0.2) is 24.3 Å². The van der Waals surface area contributed by atoms with Crippen LogP contribution in [0.1, 0.15) is 46.5 Å². The molecule has 12 heavy (non-hydrogen) atoms. The molecule has 0 heteroatoms. The second-order valence-corrected chi connectivity index (χ2v) is 3.54. The maximum Gasteiger partial charge on any atom is -0.0230 e. The lowest BCUT2D eigenvalue weighted by Gasteiger charge is -2.09. The molecule has 0 spiro atoms. The Morgan fingerprint density at radius 1 is 1.25 bits per heavy atom. The molecule has 0 amide bonds. The fourth-order valence-electron chi connectivity index (χ4n) is 1.38. The molecular weight excluding hydrogens is 144 g/mol. The Hall–Kier alpha value is -0.520. The predicted molar refractivity (Wildman–Crippen MR) is 57.3 cm³/mol. The molecule has 0 aromatic carbocycles. The molecule has 0 fully saturated rings. The summed E-state index contributed by atoms with van der Waals surface area (Å²) in [4.78, 5) is 0. The van der Waals surface area contributed by atoms with Gasteiger partial charge in [-0.1, -0.05) is 51.0 Å². The van der Waals surface area contributed by atoms with Gasteiger partial charge in [-0.25, -0.2) is 0 Å². The highest BCUT2D eigenvalue weighted by molar-refractivity contribution is 5.11. The summed E-state index contributed by atoms with van der Waals surface area (Å²) in [7, 11) is 0. The molecule has 0 nitrogen and oxygen atoms in total. The minimum atomic E-state index is 0.775. The molecule has 0 aliphatic heterocycles. The second-order valence-electron chi connectivity index (χ2n) is 3.54. The molecular formula is C12H22. The molecule has 0 radical (unpaired) electrons. The Bertz CT molecular complexity index is 136. The van der Waals surface area contributed by atoms with Gasteiger partial charge in [0.1, 0.15) is 0 Å². The smallest absolute Gasteiger partial charge is 0.0230 e. The molecule has 0 saturated carbocycles. The first-order valence-corrected chi connectivity index (χ1v) is 5.04. The van der Waals surface area contributed by atoms with E-state index >= 15 is 0 Å². The summed E-state index contributed by atoms with van der Waals surface area (Å²) < 4.78 is 0. The first-order chi connectivity index (χ1) is 5.70. The van der Waals surface area contributed by atoms with Gasteiger partial charge in [0.05, 0.1) is 0 Å². The van der Waals surface area contributed by atoms with Crippen LogP contribution in [0, 0.1) is 5.92 Å². The molecule has 0 unspecified atom stereocenters. The van der Waals surface area contributed by atoms with Crippen LogP contribution in [0.4, 0.5) is 0 Å². The summed E-state index contributed by atoms with van der Waals surface area (Å²) in [5, 5.41) is 0. The number of hydrogen-bond acceptors (Lipinski definition) is 0. The molecule has 0 aliphatic rings. The molecule has 0 bridgehead atoms. The quantitative estimate of drug-likeness (QED) is 0.515. The predicted octanol–water partition coefficient (Wildman–Crippen LogP) is 4.34. The van der Waals surface area contributed by atoms with Crippen molar-refractivity contribution in [2.75, 3.05) is 0 Å². The Morgan fingerprint density at radius 2 is 1.75 bits per heavy atom. The van der Waals surface area contributed by atoms with Crippen LogP contribution >= 0.6 is 0 Å². The maximum absolute atomic E-state index is 3.86. The maximum atomic E-state index is 3.86. The summed E-state index contributed by atoms with van der Waals surface area (Å²) >= 11 is 0. The first-order valence-electron chi connectivity index (χ1n) is 5.04. The third-order valence-corrected chi connectivity index (χ3v) is 1.97. The molecule has 0 heterocycles. The van der Waals surface area contributed by atoms with Crippen molar-refractivity contribution in [3.05, 3.63) is 24.3 Å². The van der Waals surface area contributed by atoms with E-state index in [1.54, 1.807) is 0 Å². The summed E-state index contributed by atoms with van der Waals surface area (Å²) in [6.07, 6.45) is 9.66. The van der Waals surface area contributed by atoms with Gasteiger partial charge in [-0.15, -0.1) is 0 Å². The van der Waals surface area contributed by atoms with Crippen molar-refractivity contribution in [2.45, 2.75) is 46.5 Å². The van der Waals surface area contributed by atoms with Crippen molar-refractivity contribution in [3.63, 3.8) is 0 Å². The monoisotopic (exact) mass is 166 g/mol. The van der Waals surface area contributed by atoms with Gasteiger partial charge in [0.25, 0.3) is 0 Å². The third kappa shape index (κ3) is 6.21. The summed E-state index contributed by atoms with van der Waals surface area (Å²) in [6.45, 7) is 10.4. The van der Waals surface area contributed by atoms with Crippen LogP contribution in [0.2, 0.25) is 0 Å². The molecule has 0 N–H and O–H groups in total. The van der Waals surface area contributed by atoms with Crippen LogP contribution in [0.3, 0.4) is 0 Å². The lowest BCUT2D eigenvalue weighted by atomic mass is 9.97. The average molecular weight is 166 g/mol. The number of rotatable bonds is 6. The highest BCUT2D eigenvalue weighted by Gasteiger charge is 2.00. The Balaban J connectivity index is 3.84. The van der Waals surface area contributed by atoms with Crippen LogP contribution in [0.5, 0.6) is 0 Å². The highest BCUT2D eigenvalue weighted by Crippen LogP contribution is 2.15. The Labute approximate surface area is 77.4 Å². The van der Waals surface area contributed by atoms with Crippen LogP contribution in [-0.4, -0.2) is 0 Å². The van der Waals surface area contributed by atoms with Gasteiger partial charge in [-0.3, -0.25) is 0 Å². The van der Waals surface area contributed by atoms with Crippen LogP contribution < -0.4 is 0 Å². The summed E-state index contributed by atoms with van der Waals surface area (Å²) in [5.74, 6) is 0.775. The fraction of sp³-hybridized carbons (Fsp3) is 0.667. The van der Waals surface area contributed by atoms with E-state index in [0.29, 0.717) is 0 Å². The molecule has 0 aromatic heterocycles. The van der Waals surface area contributed by atoms with E-state index in [0.717, 1.165) is 11.5 Å². The van der Waals surface area contributed by atoms with Crippen LogP contribution in [0.25, 0.3) is 0 Å². The molecule has 0 aliphatic carbocycles. The minimum absolute atomic E-state index is 0.775. The molecule has 0 atom stereocenters. The lowest BCUT2D eigenvalue weighted by Crippen LogP contribution is -1.94. The van der Waals surface area contributed by atoms with Gasteiger partial charge < -0.3 is 0 Å². The zero-order chi connectivity index (χ0) is 9.40. The Kier molecular flexibility index (Phi) is 6.84. The average Bonchev–Trinajstić information content (AvgIpc) is 2.01. The van der Waals surface area contributed by atoms with Gasteiger partial charge >= 0.3 is 0 Å². The van der Waals surface area contributed by atoms with E-state index in [1.807, 2.05) is 6.92 Å². The van der Waals surface area contributed by atoms with Gasteiger partial charge in [0.15, 0.2) is 0 Å².